The number of rotatable bonds is 5. The first-order chi connectivity index (χ1) is 9.65. The van der Waals surface area contributed by atoms with Crippen molar-refractivity contribution in [2.24, 2.45) is 0 Å². The van der Waals surface area contributed by atoms with Gasteiger partial charge in [-0.15, -0.1) is 0 Å². The molecule has 108 valence electrons. The molecule has 2 rings (SSSR count). The summed E-state index contributed by atoms with van der Waals surface area (Å²) in [4.78, 5) is 22.8. The van der Waals surface area contributed by atoms with Crippen LogP contribution in [0.25, 0.3) is 0 Å². The molecule has 0 radical (unpaired) electrons. The molecule has 0 unspecified atom stereocenters. The van der Waals surface area contributed by atoms with Crippen LogP contribution >= 0.6 is 0 Å². The molecule has 0 fully saturated rings. The number of allylic oxidation sites excluding steroid dienone is 1. The minimum Gasteiger partial charge on any atom is -0.350 e. The summed E-state index contributed by atoms with van der Waals surface area (Å²) in [5, 5.41) is 9.28. The second-order valence-electron chi connectivity index (χ2n) is 5.23. The fourth-order valence-electron chi connectivity index (χ4n) is 2.42. The third-order valence-electron chi connectivity index (χ3n) is 3.60. The number of nitrogens with one attached hydrogen (secondary N) is 2. The van der Waals surface area contributed by atoms with Gasteiger partial charge in [0.15, 0.2) is 0 Å². The summed E-state index contributed by atoms with van der Waals surface area (Å²) in [6.07, 6.45) is 7.85. The van der Waals surface area contributed by atoms with Crippen molar-refractivity contribution in [2.45, 2.75) is 51.5 Å². The number of aromatic amines is 1. The third-order valence-corrected chi connectivity index (χ3v) is 3.60. The highest BCUT2D eigenvalue weighted by Gasteiger charge is 2.14. The van der Waals surface area contributed by atoms with Gasteiger partial charge in [-0.05, 0) is 38.7 Å². The lowest BCUT2D eigenvalue weighted by atomic mass is 9.94. The summed E-state index contributed by atoms with van der Waals surface area (Å²) in [5.41, 5.74) is 1.84. The molecule has 5 heteroatoms. The molecular formula is C15H21N3O2. The number of aromatic nitrogens is 2. The van der Waals surface area contributed by atoms with Crippen LogP contribution in [-0.4, -0.2) is 22.1 Å². The van der Waals surface area contributed by atoms with Crippen LogP contribution in [0.1, 0.15) is 44.7 Å². The quantitative estimate of drug-likeness (QED) is 0.803. The minimum absolute atomic E-state index is 0.0250. The van der Waals surface area contributed by atoms with E-state index in [1.54, 1.807) is 6.07 Å². The molecule has 1 aliphatic carbocycles. The van der Waals surface area contributed by atoms with Gasteiger partial charge in [0, 0.05) is 24.9 Å². The average Bonchev–Trinajstić information content (AvgIpc) is 2.47. The lowest BCUT2D eigenvalue weighted by Gasteiger charge is -2.20. The Bertz CT molecular complexity index is 528. The van der Waals surface area contributed by atoms with Crippen LogP contribution in [0.3, 0.4) is 0 Å². The van der Waals surface area contributed by atoms with E-state index < -0.39 is 0 Å². The maximum atomic E-state index is 11.9. The standard InChI is InChI=1S/C15H21N3O2/c1-11(12-5-3-2-4-6-12)16-14(19)9-7-13-8-10-15(20)18-17-13/h5,8,10-11H,2-4,6-7,9H2,1H3,(H,16,19)(H,18,20)/t11-/m0/s1. The van der Waals surface area contributed by atoms with E-state index in [0.717, 1.165) is 18.5 Å². The van der Waals surface area contributed by atoms with E-state index >= 15 is 0 Å². The highest BCUT2D eigenvalue weighted by Crippen LogP contribution is 2.20. The Morgan fingerprint density at radius 2 is 2.30 bits per heavy atom. The monoisotopic (exact) mass is 275 g/mol. The number of amides is 1. The second-order valence-corrected chi connectivity index (χ2v) is 5.23. The molecule has 0 saturated carbocycles. The molecule has 0 aromatic carbocycles. The van der Waals surface area contributed by atoms with Gasteiger partial charge in [-0.3, -0.25) is 9.59 Å². The second kappa shape index (κ2) is 7.03. The molecule has 1 aliphatic rings. The smallest absolute Gasteiger partial charge is 0.264 e. The van der Waals surface area contributed by atoms with Crippen molar-refractivity contribution < 1.29 is 4.79 Å². The lowest BCUT2D eigenvalue weighted by molar-refractivity contribution is -0.121. The van der Waals surface area contributed by atoms with Crippen molar-refractivity contribution in [1.82, 2.24) is 15.5 Å². The number of hydrogen-bond donors (Lipinski definition) is 2. The Hall–Kier alpha value is -1.91. The molecule has 2 N–H and O–H groups in total. The van der Waals surface area contributed by atoms with Crippen molar-refractivity contribution in [1.29, 1.82) is 0 Å². The average molecular weight is 275 g/mol. The number of hydrogen-bond acceptors (Lipinski definition) is 3. The third kappa shape index (κ3) is 4.33. The van der Waals surface area contributed by atoms with Crippen molar-refractivity contribution >= 4 is 5.91 Å². The molecule has 1 atom stereocenters. The zero-order valence-corrected chi connectivity index (χ0v) is 11.8. The fraction of sp³-hybridized carbons (Fsp3) is 0.533. The van der Waals surface area contributed by atoms with Crippen molar-refractivity contribution in [3.8, 4) is 0 Å². The predicted molar refractivity (Wildman–Crippen MR) is 77.3 cm³/mol. The molecule has 1 aromatic rings. The predicted octanol–water partition coefficient (Wildman–Crippen LogP) is 1.71. The maximum Gasteiger partial charge on any atom is 0.264 e. The van der Waals surface area contributed by atoms with E-state index in [-0.39, 0.29) is 17.5 Å². The summed E-state index contributed by atoms with van der Waals surface area (Å²) in [6.45, 7) is 2.04. The lowest BCUT2D eigenvalue weighted by Crippen LogP contribution is -2.34. The first-order valence-electron chi connectivity index (χ1n) is 7.18. The van der Waals surface area contributed by atoms with Gasteiger partial charge < -0.3 is 5.32 Å². The SMILES string of the molecule is C[C@H](NC(=O)CCc1ccc(=O)[nH]n1)C1=CCCCC1. The van der Waals surface area contributed by atoms with Gasteiger partial charge in [0.1, 0.15) is 0 Å². The van der Waals surface area contributed by atoms with Gasteiger partial charge in [0.05, 0.1) is 5.69 Å². The van der Waals surface area contributed by atoms with Gasteiger partial charge in [-0.2, -0.15) is 5.10 Å². The summed E-state index contributed by atoms with van der Waals surface area (Å²) >= 11 is 0. The Kier molecular flexibility index (Phi) is 5.09. The number of carbonyl (C=O) groups is 1. The first-order valence-corrected chi connectivity index (χ1v) is 7.18. The van der Waals surface area contributed by atoms with E-state index in [0.29, 0.717) is 12.8 Å². The molecule has 1 amide bonds. The maximum absolute atomic E-state index is 11.9. The van der Waals surface area contributed by atoms with Crippen LogP contribution < -0.4 is 10.9 Å². The molecular weight excluding hydrogens is 254 g/mol. The van der Waals surface area contributed by atoms with Gasteiger partial charge >= 0.3 is 0 Å². The molecule has 1 heterocycles. The number of H-pyrrole nitrogens is 1. The molecule has 0 spiro atoms. The van der Waals surface area contributed by atoms with E-state index in [4.69, 9.17) is 0 Å². The first kappa shape index (κ1) is 14.5. The largest absolute Gasteiger partial charge is 0.350 e. The molecule has 0 aliphatic heterocycles. The van der Waals surface area contributed by atoms with Crippen LogP contribution in [0.15, 0.2) is 28.6 Å². The Balaban J connectivity index is 1.78. The molecule has 0 saturated heterocycles. The summed E-state index contributed by atoms with van der Waals surface area (Å²) in [7, 11) is 0. The normalized spacial score (nSPS) is 16.4. The zero-order chi connectivity index (χ0) is 14.4. The minimum atomic E-state index is -0.226. The van der Waals surface area contributed by atoms with E-state index in [1.165, 1.54) is 24.5 Å². The van der Waals surface area contributed by atoms with Gasteiger partial charge in [-0.1, -0.05) is 11.6 Å². The summed E-state index contributed by atoms with van der Waals surface area (Å²) in [5.74, 6) is 0.0250. The summed E-state index contributed by atoms with van der Waals surface area (Å²) < 4.78 is 0. The van der Waals surface area contributed by atoms with E-state index in [9.17, 15) is 9.59 Å². The Morgan fingerprint density at radius 1 is 1.45 bits per heavy atom. The van der Waals surface area contributed by atoms with E-state index in [1.807, 2.05) is 6.92 Å². The molecule has 1 aromatic heterocycles. The Labute approximate surface area is 118 Å². The van der Waals surface area contributed by atoms with Crippen LogP contribution in [0.2, 0.25) is 0 Å². The van der Waals surface area contributed by atoms with Crippen LogP contribution in [0.4, 0.5) is 0 Å². The van der Waals surface area contributed by atoms with Crippen molar-refractivity contribution in [3.05, 3.63) is 39.8 Å². The fourth-order valence-corrected chi connectivity index (χ4v) is 2.42. The Morgan fingerprint density at radius 3 is 2.95 bits per heavy atom. The molecule has 20 heavy (non-hydrogen) atoms. The highest BCUT2D eigenvalue weighted by molar-refractivity contribution is 5.76. The van der Waals surface area contributed by atoms with Crippen LogP contribution in [-0.2, 0) is 11.2 Å². The van der Waals surface area contributed by atoms with Crippen LogP contribution in [0.5, 0.6) is 0 Å². The molecule has 0 bridgehead atoms. The topological polar surface area (TPSA) is 74.8 Å². The van der Waals surface area contributed by atoms with E-state index in [2.05, 4.69) is 21.6 Å². The van der Waals surface area contributed by atoms with Gasteiger partial charge in [0.25, 0.3) is 5.56 Å². The molecule has 5 nitrogen and oxygen atoms in total. The summed E-state index contributed by atoms with van der Waals surface area (Å²) in [6, 6.07) is 3.20. The van der Waals surface area contributed by atoms with Crippen LogP contribution in [0, 0.1) is 0 Å². The zero-order valence-electron chi connectivity index (χ0n) is 11.8. The van der Waals surface area contributed by atoms with Crippen molar-refractivity contribution in [2.75, 3.05) is 0 Å². The number of nitrogens with zero attached hydrogens (tertiary/aromatic N) is 1. The number of carbonyl (C=O) groups excluding carboxylic acids is 1. The van der Waals surface area contributed by atoms with Gasteiger partial charge in [0.2, 0.25) is 5.91 Å². The highest BCUT2D eigenvalue weighted by atomic mass is 16.1. The van der Waals surface area contributed by atoms with Crippen molar-refractivity contribution in [3.63, 3.8) is 0 Å². The van der Waals surface area contributed by atoms with Gasteiger partial charge in [-0.25, -0.2) is 5.10 Å². The number of aryl methyl sites for hydroxylation is 1.